The van der Waals surface area contributed by atoms with Crippen LogP contribution < -0.4 is 5.32 Å². The fraction of sp³-hybridized carbons (Fsp3) is 0.161. The molecule has 0 unspecified atom stereocenters. The normalized spacial score (nSPS) is 13.1. The van der Waals surface area contributed by atoms with Gasteiger partial charge in [0, 0.05) is 30.8 Å². The molecular weight excluding hydrogens is 505 g/mol. The van der Waals surface area contributed by atoms with Gasteiger partial charge in [-0.25, -0.2) is 0 Å². The highest BCUT2D eigenvalue weighted by Gasteiger charge is 2.30. The average molecular weight is 531 g/mol. The van der Waals surface area contributed by atoms with E-state index in [9.17, 15) is 18.0 Å². The van der Waals surface area contributed by atoms with Crippen molar-refractivity contribution < 1.29 is 18.0 Å². The summed E-state index contributed by atoms with van der Waals surface area (Å²) in [6.07, 6.45) is -2.86. The number of halogens is 3. The quantitative estimate of drug-likeness (QED) is 0.270. The average Bonchev–Trinajstić information content (AvgIpc) is 2.93. The van der Waals surface area contributed by atoms with Crippen LogP contribution in [0.25, 0.3) is 11.1 Å². The number of benzene rings is 4. The highest BCUT2D eigenvalue weighted by molar-refractivity contribution is 7.80. The Morgan fingerprint density at radius 2 is 1.58 bits per heavy atom. The summed E-state index contributed by atoms with van der Waals surface area (Å²) in [6, 6.07) is 27.8. The second-order valence-electron chi connectivity index (χ2n) is 9.29. The Morgan fingerprint density at radius 3 is 2.32 bits per heavy atom. The summed E-state index contributed by atoms with van der Waals surface area (Å²) >= 11 is 5.71. The van der Waals surface area contributed by atoms with Gasteiger partial charge in [0.25, 0.3) is 5.91 Å². The zero-order valence-corrected chi connectivity index (χ0v) is 21.3. The van der Waals surface area contributed by atoms with Crippen molar-refractivity contribution in [1.82, 2.24) is 4.90 Å². The van der Waals surface area contributed by atoms with Crippen LogP contribution in [0.4, 0.5) is 18.9 Å². The Morgan fingerprint density at radius 1 is 0.868 bits per heavy atom. The summed E-state index contributed by atoms with van der Waals surface area (Å²) in [7, 11) is 0. The van der Waals surface area contributed by atoms with Crippen molar-refractivity contribution in [3.05, 3.63) is 125 Å². The van der Waals surface area contributed by atoms with Crippen LogP contribution in [0.3, 0.4) is 0 Å². The number of rotatable bonds is 5. The molecule has 3 nitrogen and oxygen atoms in total. The molecule has 0 bridgehead atoms. The first-order chi connectivity index (χ1) is 18.3. The molecule has 4 aromatic rings. The van der Waals surface area contributed by atoms with Crippen molar-refractivity contribution >= 4 is 28.8 Å². The van der Waals surface area contributed by atoms with Gasteiger partial charge in [0.05, 0.1) is 10.6 Å². The molecule has 0 fully saturated rings. The highest BCUT2D eigenvalue weighted by Crippen LogP contribution is 2.32. The number of fused-ring (bicyclic) bond motifs is 1. The second kappa shape index (κ2) is 10.8. The topological polar surface area (TPSA) is 32.3 Å². The van der Waals surface area contributed by atoms with E-state index >= 15 is 0 Å². The summed E-state index contributed by atoms with van der Waals surface area (Å²) in [5, 5.41) is 2.96. The van der Waals surface area contributed by atoms with E-state index in [-0.39, 0.29) is 5.91 Å². The van der Waals surface area contributed by atoms with Crippen LogP contribution in [-0.4, -0.2) is 22.3 Å². The number of carbonyl (C=O) groups excluding carboxylic acids is 1. The van der Waals surface area contributed by atoms with Crippen molar-refractivity contribution in [2.24, 2.45) is 0 Å². The van der Waals surface area contributed by atoms with E-state index in [4.69, 9.17) is 12.2 Å². The van der Waals surface area contributed by atoms with E-state index in [1.807, 2.05) is 36.4 Å². The fourth-order valence-corrected chi connectivity index (χ4v) is 5.02. The van der Waals surface area contributed by atoms with E-state index in [1.165, 1.54) is 23.3 Å². The Hall–Kier alpha value is -3.97. The fourth-order valence-electron chi connectivity index (χ4n) is 4.70. The number of amides is 1. The summed E-state index contributed by atoms with van der Waals surface area (Å²) < 4.78 is 38.9. The molecule has 0 saturated heterocycles. The molecule has 1 heterocycles. The Kier molecular flexibility index (Phi) is 7.29. The number of hydrogen-bond acceptors (Lipinski definition) is 2. The molecule has 4 aromatic carbocycles. The van der Waals surface area contributed by atoms with Crippen molar-refractivity contribution in [3.8, 4) is 11.1 Å². The molecule has 1 aliphatic heterocycles. The van der Waals surface area contributed by atoms with Crippen LogP contribution in [0.1, 0.15) is 32.6 Å². The van der Waals surface area contributed by atoms with Crippen molar-refractivity contribution in [1.29, 1.82) is 0 Å². The first-order valence-electron chi connectivity index (χ1n) is 12.3. The number of thiocarbonyl (C=S) groups is 1. The van der Waals surface area contributed by atoms with E-state index in [2.05, 4.69) is 22.3 Å². The number of anilines is 1. The van der Waals surface area contributed by atoms with Crippen LogP contribution in [0, 0.1) is 0 Å². The Labute approximate surface area is 224 Å². The molecule has 1 aliphatic rings. The number of carbonyl (C=O) groups is 1. The molecule has 0 atom stereocenters. The second-order valence-corrected chi connectivity index (χ2v) is 9.76. The number of hydrogen-bond donors (Lipinski definition) is 1. The summed E-state index contributed by atoms with van der Waals surface area (Å²) in [5.41, 5.74) is 4.99. The number of nitrogens with zero attached hydrogens (tertiary/aromatic N) is 1. The molecule has 0 aromatic heterocycles. The standard InChI is InChI=1S/C31H25F3N2OS/c32-31(33,34)25-13-10-22(11-14-25)27-8-4-5-9-28(27)30(37)35-26-15-12-24-20-36(17-16-23(24)19-26)29(38)18-21-6-2-1-3-7-21/h1-15,19H,16-18,20H2,(H,35,37). The molecule has 0 saturated carbocycles. The van der Waals surface area contributed by atoms with Gasteiger partial charge in [-0.15, -0.1) is 0 Å². The minimum atomic E-state index is -4.41. The Bertz CT molecular complexity index is 1470. The zero-order valence-electron chi connectivity index (χ0n) is 20.5. The van der Waals surface area contributed by atoms with Gasteiger partial charge in [-0.2, -0.15) is 13.2 Å². The van der Waals surface area contributed by atoms with Gasteiger partial charge < -0.3 is 10.2 Å². The number of alkyl halides is 3. The lowest BCUT2D eigenvalue weighted by atomic mass is 9.97. The molecular formula is C31H25F3N2OS. The lowest BCUT2D eigenvalue weighted by Gasteiger charge is -2.31. The summed E-state index contributed by atoms with van der Waals surface area (Å²) in [4.78, 5) is 16.3. The zero-order chi connectivity index (χ0) is 26.7. The monoisotopic (exact) mass is 530 g/mol. The largest absolute Gasteiger partial charge is 0.416 e. The first kappa shape index (κ1) is 25.7. The summed E-state index contributed by atoms with van der Waals surface area (Å²) in [5.74, 6) is -0.318. The van der Waals surface area contributed by atoms with E-state index in [0.29, 0.717) is 22.4 Å². The maximum atomic E-state index is 13.2. The van der Waals surface area contributed by atoms with Crippen molar-refractivity contribution in [2.75, 3.05) is 11.9 Å². The van der Waals surface area contributed by atoms with Gasteiger partial charge in [-0.1, -0.05) is 78.9 Å². The van der Waals surface area contributed by atoms with Crippen LogP contribution in [-0.2, 0) is 25.6 Å². The van der Waals surface area contributed by atoms with Crippen molar-refractivity contribution in [2.45, 2.75) is 25.6 Å². The first-order valence-corrected chi connectivity index (χ1v) is 12.7. The van der Waals surface area contributed by atoms with Gasteiger partial charge in [-0.05, 0) is 64.6 Å². The molecule has 5 rings (SSSR count). The molecule has 7 heteroatoms. The predicted octanol–water partition coefficient (Wildman–Crippen LogP) is 7.55. The van der Waals surface area contributed by atoms with Crippen molar-refractivity contribution in [3.63, 3.8) is 0 Å². The van der Waals surface area contributed by atoms with E-state index in [1.54, 1.807) is 24.3 Å². The van der Waals surface area contributed by atoms with Crippen LogP contribution >= 0.6 is 12.2 Å². The van der Waals surface area contributed by atoms with Gasteiger partial charge in [0.15, 0.2) is 0 Å². The van der Waals surface area contributed by atoms with Crippen LogP contribution in [0.2, 0.25) is 0 Å². The lowest BCUT2D eigenvalue weighted by molar-refractivity contribution is -0.137. The van der Waals surface area contributed by atoms with Gasteiger partial charge in [-0.3, -0.25) is 4.79 Å². The molecule has 0 spiro atoms. The predicted molar refractivity (Wildman–Crippen MR) is 148 cm³/mol. The SMILES string of the molecule is O=C(Nc1ccc2c(c1)CCN(C(=S)Cc1ccccc1)C2)c1ccccc1-c1ccc(C(F)(F)F)cc1. The van der Waals surface area contributed by atoms with Crippen LogP contribution in [0.5, 0.6) is 0 Å². The minimum absolute atomic E-state index is 0.318. The maximum absolute atomic E-state index is 13.2. The summed E-state index contributed by atoms with van der Waals surface area (Å²) in [6.45, 7) is 1.54. The Balaban J connectivity index is 1.28. The van der Waals surface area contributed by atoms with Crippen LogP contribution in [0.15, 0.2) is 97.1 Å². The third-order valence-electron chi connectivity index (χ3n) is 6.72. The smallest absolute Gasteiger partial charge is 0.361 e. The van der Waals surface area contributed by atoms with Gasteiger partial charge in [0.1, 0.15) is 0 Å². The van der Waals surface area contributed by atoms with E-state index < -0.39 is 11.7 Å². The lowest BCUT2D eigenvalue weighted by Crippen LogP contribution is -2.35. The third kappa shape index (κ3) is 5.78. The van der Waals surface area contributed by atoms with Gasteiger partial charge >= 0.3 is 6.18 Å². The van der Waals surface area contributed by atoms with E-state index in [0.717, 1.165) is 48.6 Å². The molecule has 0 aliphatic carbocycles. The maximum Gasteiger partial charge on any atom is 0.416 e. The van der Waals surface area contributed by atoms with Gasteiger partial charge in [0.2, 0.25) is 0 Å². The molecule has 192 valence electrons. The highest BCUT2D eigenvalue weighted by atomic mass is 32.1. The minimum Gasteiger partial charge on any atom is -0.361 e. The number of nitrogens with one attached hydrogen (secondary N) is 1. The molecule has 38 heavy (non-hydrogen) atoms. The molecule has 1 N–H and O–H groups in total. The molecule has 1 amide bonds. The third-order valence-corrected chi connectivity index (χ3v) is 7.12. The molecule has 0 radical (unpaired) electrons.